The summed E-state index contributed by atoms with van der Waals surface area (Å²) >= 11 is 1.62. The molecular formula is C22H18N6S. The lowest BCUT2D eigenvalue weighted by Gasteiger charge is -2.10. The Hall–Kier alpha value is -3.45. The minimum Gasteiger partial charge on any atom is -0.291 e. The van der Waals surface area contributed by atoms with E-state index in [1.165, 1.54) is 5.56 Å². The zero-order chi connectivity index (χ0) is 19.6. The Morgan fingerprint density at radius 2 is 1.76 bits per heavy atom. The quantitative estimate of drug-likeness (QED) is 0.406. The summed E-state index contributed by atoms with van der Waals surface area (Å²) in [5, 5.41) is 9.81. The standard InChI is InChI=1S/C22H18N6S/c1-16-8-10-19(11-9-16)28-20(17-6-3-2-4-7-17)25-26-22(28)29-15-18-14-27-13-5-12-23-21(27)24-18/h2-14H,15H2,1H3. The second-order valence-corrected chi connectivity index (χ2v) is 7.63. The molecule has 3 heterocycles. The summed E-state index contributed by atoms with van der Waals surface area (Å²) in [5.41, 5.74) is 4.24. The number of thioether (sulfide) groups is 1. The minimum absolute atomic E-state index is 0.683. The highest BCUT2D eigenvalue weighted by Crippen LogP contribution is 2.29. The van der Waals surface area contributed by atoms with Gasteiger partial charge >= 0.3 is 0 Å². The molecule has 0 saturated heterocycles. The van der Waals surface area contributed by atoms with Gasteiger partial charge in [0.25, 0.3) is 0 Å². The second kappa shape index (κ2) is 7.52. The van der Waals surface area contributed by atoms with Gasteiger partial charge in [-0.15, -0.1) is 10.2 Å². The summed E-state index contributed by atoms with van der Waals surface area (Å²) in [6.07, 6.45) is 5.70. The van der Waals surface area contributed by atoms with Gasteiger partial charge < -0.3 is 0 Å². The first-order chi connectivity index (χ1) is 14.3. The van der Waals surface area contributed by atoms with Gasteiger partial charge in [-0.2, -0.15) is 0 Å². The summed E-state index contributed by atoms with van der Waals surface area (Å²) < 4.78 is 4.03. The number of fused-ring (bicyclic) bond motifs is 1. The van der Waals surface area contributed by atoms with E-state index in [0.29, 0.717) is 11.5 Å². The molecule has 142 valence electrons. The zero-order valence-electron chi connectivity index (χ0n) is 15.8. The van der Waals surface area contributed by atoms with Crippen LogP contribution in [0.25, 0.3) is 22.9 Å². The molecule has 0 aliphatic rings. The Morgan fingerprint density at radius 1 is 0.931 bits per heavy atom. The van der Waals surface area contributed by atoms with E-state index in [0.717, 1.165) is 27.9 Å². The van der Waals surface area contributed by atoms with Crippen LogP contribution in [-0.2, 0) is 5.75 Å². The van der Waals surface area contributed by atoms with Crippen molar-refractivity contribution in [1.82, 2.24) is 29.1 Å². The summed E-state index contributed by atoms with van der Waals surface area (Å²) in [4.78, 5) is 8.86. The van der Waals surface area contributed by atoms with E-state index < -0.39 is 0 Å². The normalized spacial score (nSPS) is 11.2. The van der Waals surface area contributed by atoms with E-state index in [4.69, 9.17) is 0 Å². The van der Waals surface area contributed by atoms with Gasteiger partial charge in [0.05, 0.1) is 5.69 Å². The second-order valence-electron chi connectivity index (χ2n) is 6.69. The lowest BCUT2D eigenvalue weighted by Crippen LogP contribution is -2.00. The number of hydrogen-bond donors (Lipinski definition) is 0. The van der Waals surface area contributed by atoms with Crippen LogP contribution in [0.3, 0.4) is 0 Å². The van der Waals surface area contributed by atoms with Crippen LogP contribution in [0.2, 0.25) is 0 Å². The van der Waals surface area contributed by atoms with Crippen molar-refractivity contribution in [1.29, 1.82) is 0 Å². The van der Waals surface area contributed by atoms with Crippen LogP contribution in [0.1, 0.15) is 11.3 Å². The number of nitrogens with zero attached hydrogens (tertiary/aromatic N) is 6. The molecule has 5 aromatic rings. The van der Waals surface area contributed by atoms with Gasteiger partial charge in [-0.3, -0.25) is 8.97 Å². The van der Waals surface area contributed by atoms with E-state index in [1.807, 2.05) is 41.1 Å². The molecule has 0 atom stereocenters. The topological polar surface area (TPSA) is 60.9 Å². The number of rotatable bonds is 5. The molecule has 7 heteroatoms. The molecule has 5 rings (SSSR count). The lowest BCUT2D eigenvalue weighted by atomic mass is 10.2. The number of imidazole rings is 1. The molecule has 3 aromatic heterocycles. The molecule has 6 nitrogen and oxygen atoms in total. The van der Waals surface area contributed by atoms with Crippen LogP contribution in [-0.4, -0.2) is 29.1 Å². The summed E-state index contributed by atoms with van der Waals surface area (Å²) in [6, 6.07) is 20.4. The van der Waals surface area contributed by atoms with Gasteiger partial charge in [0.15, 0.2) is 11.0 Å². The van der Waals surface area contributed by atoms with Crippen molar-refractivity contribution in [2.75, 3.05) is 0 Å². The predicted octanol–water partition coefficient (Wildman–Crippen LogP) is 4.58. The zero-order valence-corrected chi connectivity index (χ0v) is 16.6. The maximum Gasteiger partial charge on any atom is 0.233 e. The predicted molar refractivity (Wildman–Crippen MR) is 114 cm³/mol. The molecule has 0 fully saturated rings. The van der Waals surface area contributed by atoms with E-state index in [9.17, 15) is 0 Å². The third kappa shape index (κ3) is 3.52. The molecule has 0 unspecified atom stereocenters. The van der Waals surface area contributed by atoms with E-state index in [2.05, 4.69) is 68.1 Å². The molecule has 0 spiro atoms. The monoisotopic (exact) mass is 398 g/mol. The van der Waals surface area contributed by atoms with Gasteiger partial charge in [0.1, 0.15) is 0 Å². The number of hydrogen-bond acceptors (Lipinski definition) is 5. The van der Waals surface area contributed by atoms with Crippen LogP contribution >= 0.6 is 11.8 Å². The summed E-state index contributed by atoms with van der Waals surface area (Å²) in [6.45, 7) is 2.08. The average molecular weight is 398 g/mol. The SMILES string of the molecule is Cc1ccc(-n2c(SCc3cn4cccnc4n3)nnc2-c2ccccc2)cc1. The molecule has 0 bridgehead atoms. The van der Waals surface area contributed by atoms with Crippen LogP contribution in [0.4, 0.5) is 0 Å². The van der Waals surface area contributed by atoms with Crippen LogP contribution in [0, 0.1) is 6.92 Å². The van der Waals surface area contributed by atoms with Crippen molar-refractivity contribution >= 4 is 17.5 Å². The van der Waals surface area contributed by atoms with Crippen LogP contribution in [0.15, 0.2) is 84.4 Å². The number of aromatic nitrogens is 6. The maximum atomic E-state index is 4.58. The van der Waals surface area contributed by atoms with Crippen molar-refractivity contribution < 1.29 is 0 Å². The Balaban J connectivity index is 1.52. The number of aryl methyl sites for hydroxylation is 1. The molecule has 0 aliphatic carbocycles. The molecule has 0 aliphatic heterocycles. The van der Waals surface area contributed by atoms with Crippen molar-refractivity contribution in [3.63, 3.8) is 0 Å². The van der Waals surface area contributed by atoms with E-state index >= 15 is 0 Å². The van der Waals surface area contributed by atoms with E-state index in [-0.39, 0.29) is 0 Å². The van der Waals surface area contributed by atoms with Gasteiger partial charge in [-0.25, -0.2) is 9.97 Å². The fourth-order valence-corrected chi connectivity index (χ4v) is 3.99. The first-order valence-corrected chi connectivity index (χ1v) is 10.3. The van der Waals surface area contributed by atoms with Crippen LogP contribution < -0.4 is 0 Å². The van der Waals surface area contributed by atoms with Crippen molar-refractivity contribution in [2.45, 2.75) is 17.8 Å². The lowest BCUT2D eigenvalue weighted by molar-refractivity contribution is 0.885. The maximum absolute atomic E-state index is 4.58. The van der Waals surface area contributed by atoms with Crippen molar-refractivity contribution in [2.24, 2.45) is 0 Å². The van der Waals surface area contributed by atoms with Crippen molar-refractivity contribution in [3.05, 3.63) is 90.5 Å². The first-order valence-electron chi connectivity index (χ1n) is 9.27. The summed E-state index contributed by atoms with van der Waals surface area (Å²) in [7, 11) is 0. The average Bonchev–Trinajstić information content (AvgIpc) is 3.37. The summed E-state index contributed by atoms with van der Waals surface area (Å²) in [5.74, 6) is 2.21. The van der Waals surface area contributed by atoms with Gasteiger partial charge in [0.2, 0.25) is 5.78 Å². The van der Waals surface area contributed by atoms with Gasteiger partial charge in [0, 0.05) is 35.6 Å². The molecule has 0 saturated carbocycles. The largest absolute Gasteiger partial charge is 0.291 e. The smallest absolute Gasteiger partial charge is 0.233 e. The highest BCUT2D eigenvalue weighted by molar-refractivity contribution is 7.98. The molecular weight excluding hydrogens is 380 g/mol. The minimum atomic E-state index is 0.683. The first kappa shape index (κ1) is 17.6. The molecule has 0 N–H and O–H groups in total. The Kier molecular flexibility index (Phi) is 4.57. The third-order valence-electron chi connectivity index (χ3n) is 4.59. The highest BCUT2D eigenvalue weighted by Gasteiger charge is 2.16. The van der Waals surface area contributed by atoms with E-state index in [1.54, 1.807) is 18.0 Å². The Bertz CT molecular complexity index is 1220. The van der Waals surface area contributed by atoms with Gasteiger partial charge in [-0.1, -0.05) is 59.8 Å². The van der Waals surface area contributed by atoms with Gasteiger partial charge in [-0.05, 0) is 25.1 Å². The number of benzene rings is 2. The Morgan fingerprint density at radius 3 is 2.55 bits per heavy atom. The molecule has 0 amide bonds. The molecule has 2 aromatic carbocycles. The fourth-order valence-electron chi connectivity index (χ4n) is 3.15. The fraction of sp³-hybridized carbons (Fsp3) is 0.0909. The van der Waals surface area contributed by atoms with Crippen molar-refractivity contribution in [3.8, 4) is 17.1 Å². The Labute approximate surface area is 172 Å². The molecule has 0 radical (unpaired) electrons. The molecule has 29 heavy (non-hydrogen) atoms. The highest BCUT2D eigenvalue weighted by atomic mass is 32.2. The van der Waals surface area contributed by atoms with Crippen LogP contribution in [0.5, 0.6) is 0 Å². The third-order valence-corrected chi connectivity index (χ3v) is 5.55.